The number of carbonyl (C=O) groups is 1. The van der Waals surface area contributed by atoms with Crippen LogP contribution in [-0.2, 0) is 22.6 Å². The lowest BCUT2D eigenvalue weighted by Gasteiger charge is -2.17. The van der Waals surface area contributed by atoms with Crippen molar-refractivity contribution >= 4 is 17.5 Å². The minimum Gasteiger partial charge on any atom is -0.493 e. The van der Waals surface area contributed by atoms with Crippen molar-refractivity contribution in [3.8, 4) is 5.75 Å². The molecule has 0 N–H and O–H groups in total. The van der Waals surface area contributed by atoms with E-state index < -0.39 is 5.41 Å². The normalized spacial score (nSPS) is 20.6. The van der Waals surface area contributed by atoms with E-state index in [0.29, 0.717) is 24.8 Å². The van der Waals surface area contributed by atoms with Crippen molar-refractivity contribution < 1.29 is 14.4 Å². The number of amides is 1. The van der Waals surface area contributed by atoms with E-state index in [9.17, 15) is 4.79 Å². The Bertz CT molecular complexity index is 542. The van der Waals surface area contributed by atoms with E-state index in [1.807, 2.05) is 26.0 Å². The van der Waals surface area contributed by atoms with Crippen molar-refractivity contribution in [1.82, 2.24) is 5.06 Å². The Morgan fingerprint density at radius 2 is 2.21 bits per heavy atom. The molecule has 1 fully saturated rings. The zero-order valence-corrected chi connectivity index (χ0v) is 11.8. The van der Waals surface area contributed by atoms with Gasteiger partial charge in [0, 0.05) is 11.4 Å². The molecule has 0 spiro atoms. The number of rotatable bonds is 2. The van der Waals surface area contributed by atoms with Gasteiger partial charge in [0.05, 0.1) is 25.2 Å². The number of nitrogens with zero attached hydrogens (tertiary/aromatic N) is 1. The molecule has 0 bridgehead atoms. The number of fused-ring (bicyclic) bond motifs is 1. The van der Waals surface area contributed by atoms with Crippen molar-refractivity contribution in [1.29, 1.82) is 0 Å². The molecule has 1 aromatic rings. The Labute approximate surface area is 117 Å². The second-order valence-electron chi connectivity index (χ2n) is 5.65. The van der Waals surface area contributed by atoms with Crippen LogP contribution in [0.2, 0.25) is 5.02 Å². The van der Waals surface area contributed by atoms with Gasteiger partial charge in [-0.15, -0.1) is 0 Å². The monoisotopic (exact) mass is 281 g/mol. The summed E-state index contributed by atoms with van der Waals surface area (Å²) in [5.74, 6) is 0.850. The average molecular weight is 282 g/mol. The van der Waals surface area contributed by atoms with E-state index in [2.05, 4.69) is 0 Å². The molecule has 2 aliphatic heterocycles. The molecule has 2 heterocycles. The van der Waals surface area contributed by atoms with Crippen LogP contribution in [0.15, 0.2) is 12.1 Å². The van der Waals surface area contributed by atoms with Gasteiger partial charge in [-0.3, -0.25) is 9.63 Å². The summed E-state index contributed by atoms with van der Waals surface area (Å²) in [5, 5.41) is 2.02. The lowest BCUT2D eigenvalue weighted by molar-refractivity contribution is -0.165. The number of hydrogen-bond donors (Lipinski definition) is 0. The number of carbonyl (C=O) groups excluding carboxylic acids is 1. The number of halogens is 1. The van der Waals surface area contributed by atoms with Crippen molar-refractivity contribution in [3.05, 3.63) is 28.3 Å². The zero-order valence-electron chi connectivity index (χ0n) is 11.0. The molecule has 0 aliphatic carbocycles. The number of hydrogen-bond acceptors (Lipinski definition) is 3. The van der Waals surface area contributed by atoms with Gasteiger partial charge in [-0.1, -0.05) is 11.6 Å². The molecule has 4 nitrogen and oxygen atoms in total. The standard InChI is InChI=1S/C14H16ClNO3/c1-14(2)8-19-16(13(14)17)7-10-5-9-3-4-18-12(9)6-11(10)15/h5-6H,3-4,7-8H2,1-2H3. The fraction of sp³-hybridized carbons (Fsp3) is 0.500. The van der Waals surface area contributed by atoms with E-state index in [1.54, 1.807) is 0 Å². The van der Waals surface area contributed by atoms with Gasteiger partial charge in [0.25, 0.3) is 5.91 Å². The van der Waals surface area contributed by atoms with E-state index in [-0.39, 0.29) is 5.91 Å². The van der Waals surface area contributed by atoms with Crippen LogP contribution in [0.3, 0.4) is 0 Å². The molecule has 2 aliphatic rings. The van der Waals surface area contributed by atoms with Crippen molar-refractivity contribution in [2.75, 3.05) is 13.2 Å². The summed E-state index contributed by atoms with van der Waals surface area (Å²) >= 11 is 6.23. The maximum absolute atomic E-state index is 12.1. The van der Waals surface area contributed by atoms with Gasteiger partial charge in [0.15, 0.2) is 0 Å². The first kappa shape index (κ1) is 12.8. The third-order valence-corrected chi connectivity index (χ3v) is 3.91. The van der Waals surface area contributed by atoms with E-state index in [1.165, 1.54) is 5.06 Å². The fourth-order valence-corrected chi connectivity index (χ4v) is 2.56. The molecule has 1 amide bonds. The maximum atomic E-state index is 12.1. The van der Waals surface area contributed by atoms with E-state index in [4.69, 9.17) is 21.2 Å². The van der Waals surface area contributed by atoms with Crippen molar-refractivity contribution in [2.45, 2.75) is 26.8 Å². The molecule has 19 heavy (non-hydrogen) atoms. The summed E-state index contributed by atoms with van der Waals surface area (Å²) in [6, 6.07) is 3.83. The van der Waals surface area contributed by atoms with Gasteiger partial charge in [0.2, 0.25) is 0 Å². The molecule has 0 aromatic heterocycles. The van der Waals surface area contributed by atoms with Gasteiger partial charge in [-0.2, -0.15) is 0 Å². The summed E-state index contributed by atoms with van der Waals surface area (Å²) < 4.78 is 5.46. The number of hydroxylamine groups is 2. The van der Waals surface area contributed by atoms with Crippen LogP contribution >= 0.6 is 11.6 Å². The minimum atomic E-state index is -0.452. The SMILES string of the molecule is CC1(C)CON(Cc2cc3c(cc2Cl)OCC3)C1=O. The summed E-state index contributed by atoms with van der Waals surface area (Å²) in [4.78, 5) is 17.6. The van der Waals surface area contributed by atoms with E-state index >= 15 is 0 Å². The number of ether oxygens (including phenoxy) is 1. The third kappa shape index (κ3) is 2.19. The highest BCUT2D eigenvalue weighted by atomic mass is 35.5. The van der Waals surface area contributed by atoms with Crippen molar-refractivity contribution in [2.24, 2.45) is 5.41 Å². The Balaban J connectivity index is 1.83. The molecular weight excluding hydrogens is 266 g/mol. The zero-order chi connectivity index (χ0) is 13.6. The smallest absolute Gasteiger partial charge is 0.254 e. The lowest BCUT2D eigenvalue weighted by Crippen LogP contribution is -2.30. The summed E-state index contributed by atoms with van der Waals surface area (Å²) in [6.07, 6.45) is 0.889. The van der Waals surface area contributed by atoms with Gasteiger partial charge in [-0.05, 0) is 37.1 Å². The van der Waals surface area contributed by atoms with Gasteiger partial charge in [-0.25, -0.2) is 5.06 Å². The van der Waals surface area contributed by atoms with Crippen LogP contribution in [0.4, 0.5) is 0 Å². The quantitative estimate of drug-likeness (QED) is 0.836. The maximum Gasteiger partial charge on any atom is 0.254 e. The Morgan fingerprint density at radius 1 is 1.42 bits per heavy atom. The highest BCUT2D eigenvalue weighted by Gasteiger charge is 2.40. The highest BCUT2D eigenvalue weighted by molar-refractivity contribution is 6.31. The largest absolute Gasteiger partial charge is 0.493 e. The van der Waals surface area contributed by atoms with Gasteiger partial charge in [0.1, 0.15) is 5.75 Å². The lowest BCUT2D eigenvalue weighted by atomic mass is 9.95. The van der Waals surface area contributed by atoms with Gasteiger partial charge < -0.3 is 4.74 Å². The first-order valence-corrected chi connectivity index (χ1v) is 6.74. The predicted octanol–water partition coefficient (Wildman–Crippen LogP) is 2.57. The molecule has 0 radical (unpaired) electrons. The second kappa shape index (κ2) is 4.39. The molecule has 5 heteroatoms. The van der Waals surface area contributed by atoms with Crippen LogP contribution in [0, 0.1) is 5.41 Å². The Kier molecular flexibility index (Phi) is 2.95. The van der Waals surface area contributed by atoms with Crippen molar-refractivity contribution in [3.63, 3.8) is 0 Å². The van der Waals surface area contributed by atoms with Crippen LogP contribution in [0.1, 0.15) is 25.0 Å². The van der Waals surface area contributed by atoms with Crippen LogP contribution in [-0.4, -0.2) is 24.2 Å². The molecule has 1 saturated heterocycles. The van der Waals surface area contributed by atoms with Gasteiger partial charge >= 0.3 is 0 Å². The predicted molar refractivity (Wildman–Crippen MR) is 70.9 cm³/mol. The Hall–Kier alpha value is -1.26. The average Bonchev–Trinajstić information content (AvgIpc) is 2.89. The molecule has 102 valence electrons. The van der Waals surface area contributed by atoms with E-state index in [0.717, 1.165) is 23.3 Å². The summed E-state index contributed by atoms with van der Waals surface area (Å²) in [6.45, 7) is 5.26. The topological polar surface area (TPSA) is 38.8 Å². The first-order chi connectivity index (χ1) is 8.97. The van der Waals surface area contributed by atoms with Crippen LogP contribution in [0.25, 0.3) is 0 Å². The molecule has 1 aromatic carbocycles. The third-order valence-electron chi connectivity index (χ3n) is 3.56. The second-order valence-corrected chi connectivity index (χ2v) is 6.06. The molecule has 0 unspecified atom stereocenters. The molecular formula is C14H16ClNO3. The van der Waals surface area contributed by atoms with Crippen LogP contribution < -0.4 is 4.74 Å². The summed E-state index contributed by atoms with van der Waals surface area (Å²) in [7, 11) is 0. The highest BCUT2D eigenvalue weighted by Crippen LogP contribution is 2.34. The molecule has 3 rings (SSSR count). The molecule has 0 saturated carbocycles. The molecule has 0 atom stereocenters. The minimum absolute atomic E-state index is 0.000292. The first-order valence-electron chi connectivity index (χ1n) is 6.36. The summed E-state index contributed by atoms with van der Waals surface area (Å²) in [5.41, 5.74) is 1.59. The van der Waals surface area contributed by atoms with Crippen LogP contribution in [0.5, 0.6) is 5.75 Å². The number of benzene rings is 1. The Morgan fingerprint density at radius 3 is 2.89 bits per heavy atom. The fourth-order valence-electron chi connectivity index (χ4n) is 2.34.